The van der Waals surface area contributed by atoms with Gasteiger partial charge in [0.25, 0.3) is 5.91 Å². The summed E-state index contributed by atoms with van der Waals surface area (Å²) in [7, 11) is 0. The Hall–Kier alpha value is -1.33. The van der Waals surface area contributed by atoms with Crippen LogP contribution >= 0.6 is 23.2 Å². The van der Waals surface area contributed by atoms with Crippen molar-refractivity contribution >= 4 is 35.0 Å². The lowest BCUT2D eigenvalue weighted by Crippen LogP contribution is -2.51. The van der Waals surface area contributed by atoms with Crippen molar-refractivity contribution in [2.45, 2.75) is 25.7 Å². The van der Waals surface area contributed by atoms with Gasteiger partial charge in [-0.25, -0.2) is 4.39 Å². The van der Waals surface area contributed by atoms with Crippen molar-refractivity contribution in [1.29, 1.82) is 0 Å². The highest BCUT2D eigenvalue weighted by Gasteiger charge is 2.31. The van der Waals surface area contributed by atoms with Crippen molar-refractivity contribution in [2.75, 3.05) is 26.2 Å². The summed E-state index contributed by atoms with van der Waals surface area (Å²) in [6.45, 7) is 1.87. The van der Waals surface area contributed by atoms with Gasteiger partial charge in [0.15, 0.2) is 0 Å². The largest absolute Gasteiger partial charge is 0.339 e. The summed E-state index contributed by atoms with van der Waals surface area (Å²) >= 11 is 11.7. The maximum atomic E-state index is 13.6. The summed E-state index contributed by atoms with van der Waals surface area (Å²) in [5.41, 5.74) is 0.106. The van der Waals surface area contributed by atoms with Crippen LogP contribution in [0.2, 0.25) is 10.0 Å². The van der Waals surface area contributed by atoms with Crippen LogP contribution in [-0.4, -0.2) is 47.8 Å². The van der Waals surface area contributed by atoms with Crippen LogP contribution in [0.5, 0.6) is 0 Å². The van der Waals surface area contributed by atoms with Gasteiger partial charge in [-0.05, 0) is 25.0 Å². The molecule has 1 saturated heterocycles. The second-order valence-electron chi connectivity index (χ2n) is 6.35. The van der Waals surface area contributed by atoms with Crippen molar-refractivity contribution in [3.63, 3.8) is 0 Å². The molecule has 0 N–H and O–H groups in total. The number of carbonyl (C=O) groups is 2. The van der Waals surface area contributed by atoms with Crippen LogP contribution in [0.1, 0.15) is 36.0 Å². The molecule has 0 bridgehead atoms. The van der Waals surface area contributed by atoms with Gasteiger partial charge in [0.2, 0.25) is 5.91 Å². The molecular formula is C17H19Cl2FN2O2. The third-order valence-corrected chi connectivity index (χ3v) is 5.43. The molecule has 1 saturated carbocycles. The first-order valence-electron chi connectivity index (χ1n) is 8.20. The van der Waals surface area contributed by atoms with Crippen LogP contribution in [0.4, 0.5) is 4.39 Å². The zero-order valence-electron chi connectivity index (χ0n) is 13.2. The van der Waals surface area contributed by atoms with Gasteiger partial charge in [0.1, 0.15) is 5.82 Å². The fourth-order valence-electron chi connectivity index (χ4n) is 3.42. The van der Waals surface area contributed by atoms with Crippen LogP contribution in [0.3, 0.4) is 0 Å². The highest BCUT2D eigenvalue weighted by atomic mass is 35.5. The first kappa shape index (κ1) is 17.5. The molecule has 2 amide bonds. The minimum Gasteiger partial charge on any atom is -0.339 e. The van der Waals surface area contributed by atoms with Gasteiger partial charge in [-0.3, -0.25) is 9.59 Å². The Morgan fingerprint density at radius 3 is 2.17 bits per heavy atom. The molecule has 3 rings (SSSR count). The van der Waals surface area contributed by atoms with Crippen molar-refractivity contribution in [2.24, 2.45) is 5.92 Å². The van der Waals surface area contributed by atoms with Crippen LogP contribution in [-0.2, 0) is 4.79 Å². The lowest BCUT2D eigenvalue weighted by atomic mass is 10.1. The maximum absolute atomic E-state index is 13.6. The van der Waals surface area contributed by atoms with E-state index < -0.39 is 5.82 Å². The maximum Gasteiger partial charge on any atom is 0.255 e. The van der Waals surface area contributed by atoms with Gasteiger partial charge in [0, 0.05) is 32.1 Å². The van der Waals surface area contributed by atoms with E-state index >= 15 is 0 Å². The van der Waals surface area contributed by atoms with Gasteiger partial charge >= 0.3 is 0 Å². The van der Waals surface area contributed by atoms with Gasteiger partial charge in [0.05, 0.1) is 15.6 Å². The first-order valence-corrected chi connectivity index (χ1v) is 8.95. The van der Waals surface area contributed by atoms with Crippen LogP contribution in [0.15, 0.2) is 12.1 Å². The molecule has 1 aromatic rings. The van der Waals surface area contributed by atoms with Gasteiger partial charge in [-0.15, -0.1) is 0 Å². The molecule has 1 aromatic carbocycles. The zero-order valence-corrected chi connectivity index (χ0v) is 14.7. The highest BCUT2D eigenvalue weighted by molar-refractivity contribution is 6.36. The average Bonchev–Trinajstić information content (AvgIpc) is 3.11. The molecule has 0 spiro atoms. The van der Waals surface area contributed by atoms with Crippen LogP contribution in [0.25, 0.3) is 0 Å². The van der Waals surface area contributed by atoms with Crippen molar-refractivity contribution in [1.82, 2.24) is 9.80 Å². The van der Waals surface area contributed by atoms with E-state index in [0.717, 1.165) is 31.7 Å². The molecule has 1 heterocycles. The third-order valence-electron chi connectivity index (χ3n) is 4.82. The molecule has 0 atom stereocenters. The highest BCUT2D eigenvalue weighted by Crippen LogP contribution is 2.28. The van der Waals surface area contributed by atoms with E-state index in [9.17, 15) is 14.0 Å². The standard InChI is InChI=1S/C17H19Cl2FN2O2/c18-13-10-14(19)15(20)9-12(13)17(24)22-7-5-21(6-8-22)16(23)11-3-1-2-4-11/h9-11H,1-8H2. The fraction of sp³-hybridized carbons (Fsp3) is 0.529. The Morgan fingerprint density at radius 2 is 1.54 bits per heavy atom. The summed E-state index contributed by atoms with van der Waals surface area (Å²) in [5, 5.41) is 0.0272. The number of halogens is 3. The topological polar surface area (TPSA) is 40.6 Å². The van der Waals surface area contributed by atoms with Crippen LogP contribution < -0.4 is 0 Å². The van der Waals surface area contributed by atoms with E-state index in [4.69, 9.17) is 23.2 Å². The quantitative estimate of drug-likeness (QED) is 0.744. The van der Waals surface area contributed by atoms with Crippen molar-refractivity contribution in [3.8, 4) is 0 Å². The normalized spacial score (nSPS) is 19.0. The lowest BCUT2D eigenvalue weighted by Gasteiger charge is -2.36. The summed E-state index contributed by atoms with van der Waals surface area (Å²) in [6.07, 6.45) is 4.18. The Morgan fingerprint density at radius 1 is 0.958 bits per heavy atom. The number of rotatable bonds is 2. The Labute approximate surface area is 150 Å². The van der Waals surface area contributed by atoms with E-state index in [1.165, 1.54) is 6.07 Å². The molecule has 0 radical (unpaired) electrons. The summed E-state index contributed by atoms with van der Waals surface area (Å²) < 4.78 is 13.6. The molecule has 0 unspecified atom stereocenters. The van der Waals surface area contributed by atoms with Crippen LogP contribution in [0, 0.1) is 11.7 Å². The zero-order chi connectivity index (χ0) is 17.3. The van der Waals surface area contributed by atoms with Gasteiger partial charge in [-0.1, -0.05) is 36.0 Å². The van der Waals surface area contributed by atoms with Crippen molar-refractivity contribution < 1.29 is 14.0 Å². The van der Waals surface area contributed by atoms with E-state index in [0.29, 0.717) is 26.2 Å². The molecule has 1 aliphatic heterocycles. The van der Waals surface area contributed by atoms with E-state index in [2.05, 4.69) is 0 Å². The fourth-order valence-corrected chi connectivity index (χ4v) is 3.88. The molecule has 7 heteroatoms. The van der Waals surface area contributed by atoms with E-state index in [-0.39, 0.29) is 33.3 Å². The SMILES string of the molecule is O=C(c1cc(F)c(Cl)cc1Cl)N1CCN(C(=O)C2CCCC2)CC1. The monoisotopic (exact) mass is 372 g/mol. The minimum absolute atomic E-state index is 0.106. The molecular weight excluding hydrogens is 354 g/mol. The molecule has 2 aliphatic rings. The molecule has 130 valence electrons. The number of amides is 2. The smallest absolute Gasteiger partial charge is 0.255 e. The summed E-state index contributed by atoms with van der Waals surface area (Å²) in [5.74, 6) is -0.648. The van der Waals surface area contributed by atoms with Gasteiger partial charge < -0.3 is 9.80 Å². The second kappa shape index (κ2) is 7.28. The number of carbonyl (C=O) groups excluding carboxylic acids is 2. The Balaban J connectivity index is 1.63. The Kier molecular flexibility index (Phi) is 5.30. The lowest BCUT2D eigenvalue weighted by molar-refractivity contribution is -0.136. The molecule has 1 aliphatic carbocycles. The number of hydrogen-bond acceptors (Lipinski definition) is 2. The summed E-state index contributed by atoms with van der Waals surface area (Å²) in [6, 6.07) is 2.31. The number of benzene rings is 1. The van der Waals surface area contributed by atoms with E-state index in [1.54, 1.807) is 4.90 Å². The number of piperazine rings is 1. The Bertz CT molecular complexity index is 654. The summed E-state index contributed by atoms with van der Waals surface area (Å²) in [4.78, 5) is 28.4. The number of nitrogens with zero attached hydrogens (tertiary/aromatic N) is 2. The second-order valence-corrected chi connectivity index (χ2v) is 7.16. The average molecular weight is 373 g/mol. The van der Waals surface area contributed by atoms with E-state index in [1.807, 2.05) is 4.90 Å². The predicted molar refractivity (Wildman–Crippen MR) is 90.9 cm³/mol. The molecule has 24 heavy (non-hydrogen) atoms. The first-order chi connectivity index (χ1) is 11.5. The number of hydrogen-bond donors (Lipinski definition) is 0. The molecule has 0 aromatic heterocycles. The molecule has 2 fully saturated rings. The van der Waals surface area contributed by atoms with Crippen molar-refractivity contribution in [3.05, 3.63) is 33.6 Å². The van der Waals surface area contributed by atoms with Gasteiger partial charge in [-0.2, -0.15) is 0 Å². The predicted octanol–water partition coefficient (Wildman–Crippen LogP) is 3.61. The minimum atomic E-state index is -0.667. The third kappa shape index (κ3) is 3.52. The molecule has 4 nitrogen and oxygen atoms in total.